The molecule has 0 N–H and O–H groups in total. The first kappa shape index (κ1) is 45.4. The Morgan fingerprint density at radius 3 is 1.56 bits per heavy atom. The third-order valence-electron chi connectivity index (χ3n) is 16.8. The average molecular weight is 926 g/mol. The van der Waals surface area contributed by atoms with Gasteiger partial charge in [-0.2, -0.15) is 0 Å². The van der Waals surface area contributed by atoms with Crippen LogP contribution in [-0.2, 0) is 27.1 Å². The summed E-state index contributed by atoms with van der Waals surface area (Å²) in [6, 6.07) is 65.0. The van der Waals surface area contributed by atoms with Crippen LogP contribution in [0, 0.1) is 6.92 Å². The number of rotatable bonds is 6. The third kappa shape index (κ3) is 7.14. The molecule has 354 valence electrons. The summed E-state index contributed by atoms with van der Waals surface area (Å²) in [6.07, 6.45) is 2.23. The summed E-state index contributed by atoms with van der Waals surface area (Å²) in [5.74, 6) is 0. The minimum absolute atomic E-state index is 0.0128. The molecular formula is C67H68BN3. The highest BCUT2D eigenvalue weighted by Crippen LogP contribution is 2.55. The van der Waals surface area contributed by atoms with Crippen LogP contribution >= 0.6 is 0 Å². The second-order valence-electron chi connectivity index (χ2n) is 25.0. The molecule has 3 nitrogen and oxygen atoms in total. The lowest BCUT2D eigenvalue weighted by Crippen LogP contribution is -2.61. The summed E-state index contributed by atoms with van der Waals surface area (Å²) in [6.45, 7) is 29.1. The summed E-state index contributed by atoms with van der Waals surface area (Å²) in [7, 11) is 0. The van der Waals surface area contributed by atoms with Crippen molar-refractivity contribution in [1.29, 1.82) is 0 Å². The molecule has 0 fully saturated rings. The molecule has 0 atom stereocenters. The number of aryl methyl sites for hydroxylation is 1. The molecule has 0 saturated heterocycles. The van der Waals surface area contributed by atoms with E-state index in [1.165, 1.54) is 95.0 Å². The molecule has 71 heavy (non-hydrogen) atoms. The zero-order valence-corrected chi connectivity index (χ0v) is 44.0. The molecule has 0 radical (unpaired) electrons. The summed E-state index contributed by atoms with van der Waals surface area (Å²) in [5.41, 5.74) is 25.9. The highest BCUT2D eigenvalue weighted by molar-refractivity contribution is 7.00. The Bertz CT molecular complexity index is 3390. The highest BCUT2D eigenvalue weighted by atomic mass is 15.2. The van der Waals surface area contributed by atoms with Crippen molar-refractivity contribution >= 4 is 74.3 Å². The largest absolute Gasteiger partial charge is 0.311 e. The average Bonchev–Trinajstić information content (AvgIpc) is 3.65. The lowest BCUT2D eigenvalue weighted by atomic mass is 9.33. The van der Waals surface area contributed by atoms with Gasteiger partial charge in [-0.1, -0.05) is 167 Å². The zero-order valence-electron chi connectivity index (χ0n) is 44.0. The van der Waals surface area contributed by atoms with Crippen LogP contribution in [-0.4, -0.2) is 6.71 Å². The molecule has 8 aromatic carbocycles. The van der Waals surface area contributed by atoms with Crippen molar-refractivity contribution in [2.45, 2.75) is 123 Å². The molecular weight excluding hydrogens is 858 g/mol. The molecule has 12 rings (SSSR count). The van der Waals surface area contributed by atoms with Gasteiger partial charge >= 0.3 is 0 Å². The lowest BCUT2D eigenvalue weighted by molar-refractivity contribution is 0.403. The van der Waals surface area contributed by atoms with Gasteiger partial charge in [0.1, 0.15) is 0 Å². The Labute approximate surface area is 424 Å². The Balaban J connectivity index is 1.21. The van der Waals surface area contributed by atoms with Crippen molar-refractivity contribution in [3.63, 3.8) is 0 Å². The van der Waals surface area contributed by atoms with E-state index in [1.54, 1.807) is 0 Å². The van der Waals surface area contributed by atoms with Crippen LogP contribution in [0.4, 0.5) is 51.2 Å². The fraction of sp³-hybridized carbons (Fsp3) is 0.284. The van der Waals surface area contributed by atoms with Gasteiger partial charge in [0, 0.05) is 51.2 Å². The topological polar surface area (TPSA) is 9.72 Å². The standard InChI is InChI=1S/C67H68BN3/c1-43-28-29-45(44-22-16-13-17-23-44)34-58(43)71-57-33-31-50(69(47-24-18-14-19-25-47)48-26-20-15-21-27-48)38-55(57)68-56-39-53-54(67(11,12)42-66(53,9)10)40-59(56)70(60-35-46(63(2,3)4)36-61(71)62(60)68)49-30-32-51-52(37-49)65(7,8)41-64(51,5)6/h13-40H,41-42H2,1-12H3. The zero-order chi connectivity index (χ0) is 49.6. The predicted molar refractivity (Wildman–Crippen MR) is 305 cm³/mol. The Hall–Kier alpha value is -6.78. The quantitative estimate of drug-likeness (QED) is 0.154. The first-order valence-electron chi connectivity index (χ1n) is 26.0. The van der Waals surface area contributed by atoms with Crippen molar-refractivity contribution in [3.8, 4) is 11.1 Å². The summed E-state index contributed by atoms with van der Waals surface area (Å²) in [5, 5.41) is 0. The van der Waals surface area contributed by atoms with Gasteiger partial charge in [-0.25, -0.2) is 0 Å². The Kier molecular flexibility index (Phi) is 9.98. The van der Waals surface area contributed by atoms with Gasteiger partial charge in [0.2, 0.25) is 0 Å². The van der Waals surface area contributed by atoms with Gasteiger partial charge < -0.3 is 14.7 Å². The van der Waals surface area contributed by atoms with Crippen molar-refractivity contribution < 1.29 is 0 Å². The fourth-order valence-electron chi connectivity index (χ4n) is 13.9. The van der Waals surface area contributed by atoms with Crippen LogP contribution in [0.25, 0.3) is 11.1 Å². The van der Waals surface area contributed by atoms with Crippen LogP contribution in [0.15, 0.2) is 170 Å². The van der Waals surface area contributed by atoms with E-state index in [9.17, 15) is 0 Å². The molecule has 4 heteroatoms. The van der Waals surface area contributed by atoms with E-state index in [-0.39, 0.29) is 33.8 Å². The molecule has 0 bridgehead atoms. The van der Waals surface area contributed by atoms with E-state index in [0.29, 0.717) is 0 Å². The van der Waals surface area contributed by atoms with Gasteiger partial charge in [-0.3, -0.25) is 0 Å². The van der Waals surface area contributed by atoms with Crippen molar-refractivity contribution in [1.82, 2.24) is 0 Å². The van der Waals surface area contributed by atoms with Gasteiger partial charge in [0.15, 0.2) is 0 Å². The highest BCUT2D eigenvalue weighted by Gasteiger charge is 2.49. The second-order valence-corrected chi connectivity index (χ2v) is 25.0. The first-order valence-corrected chi connectivity index (χ1v) is 26.0. The predicted octanol–water partition coefficient (Wildman–Crippen LogP) is 16.4. The van der Waals surface area contributed by atoms with Crippen LogP contribution in [0.3, 0.4) is 0 Å². The molecule has 8 aromatic rings. The number of hydrogen-bond donors (Lipinski definition) is 0. The van der Waals surface area contributed by atoms with E-state index in [4.69, 9.17) is 0 Å². The van der Waals surface area contributed by atoms with Gasteiger partial charge in [0.05, 0.1) is 0 Å². The van der Waals surface area contributed by atoms with Crippen LogP contribution < -0.4 is 31.1 Å². The summed E-state index contributed by atoms with van der Waals surface area (Å²) < 4.78 is 0. The summed E-state index contributed by atoms with van der Waals surface area (Å²) in [4.78, 5) is 7.77. The van der Waals surface area contributed by atoms with E-state index in [2.05, 4.69) is 268 Å². The van der Waals surface area contributed by atoms with E-state index in [0.717, 1.165) is 29.9 Å². The van der Waals surface area contributed by atoms with E-state index >= 15 is 0 Å². The van der Waals surface area contributed by atoms with Crippen molar-refractivity contribution in [3.05, 3.63) is 203 Å². The molecule has 0 spiro atoms. The minimum atomic E-state index is -0.135. The smallest absolute Gasteiger partial charge is 0.252 e. The van der Waals surface area contributed by atoms with Gasteiger partial charge in [0.25, 0.3) is 6.71 Å². The molecule has 2 heterocycles. The van der Waals surface area contributed by atoms with E-state index < -0.39 is 0 Å². The van der Waals surface area contributed by atoms with Crippen molar-refractivity contribution in [2.24, 2.45) is 0 Å². The molecule has 2 aliphatic carbocycles. The molecule has 2 aliphatic heterocycles. The Morgan fingerprint density at radius 2 is 0.958 bits per heavy atom. The normalized spacial score (nSPS) is 17.3. The number of fused-ring (bicyclic) bond motifs is 6. The SMILES string of the molecule is Cc1ccc(-c2ccccc2)cc1N1c2ccc(N(c3ccccc3)c3ccccc3)cc2B2c3cc4c(cc3N(c3ccc5c(c3)C(C)(C)CC5(C)C)c3cc(C(C)(C)C)cc1c32)C(C)(C)CC4(C)C. The van der Waals surface area contributed by atoms with Gasteiger partial charge in [-0.15, -0.1) is 0 Å². The monoisotopic (exact) mass is 926 g/mol. The molecule has 0 aromatic heterocycles. The number of anilines is 9. The van der Waals surface area contributed by atoms with Crippen LogP contribution in [0.1, 0.15) is 122 Å². The fourth-order valence-corrected chi connectivity index (χ4v) is 13.9. The Morgan fingerprint density at radius 1 is 0.423 bits per heavy atom. The number of para-hydroxylation sites is 2. The summed E-state index contributed by atoms with van der Waals surface area (Å²) >= 11 is 0. The second kappa shape index (κ2) is 15.6. The third-order valence-corrected chi connectivity index (χ3v) is 16.8. The first-order chi connectivity index (χ1) is 33.7. The maximum atomic E-state index is 2.70. The molecule has 0 saturated carbocycles. The maximum Gasteiger partial charge on any atom is 0.252 e. The van der Waals surface area contributed by atoms with Crippen LogP contribution in [0.2, 0.25) is 0 Å². The number of benzene rings is 8. The number of hydrogen-bond acceptors (Lipinski definition) is 3. The maximum absolute atomic E-state index is 2.70. The van der Waals surface area contributed by atoms with Crippen LogP contribution in [0.5, 0.6) is 0 Å². The number of nitrogens with zero attached hydrogens (tertiary/aromatic N) is 3. The lowest BCUT2D eigenvalue weighted by Gasteiger charge is -2.46. The van der Waals surface area contributed by atoms with E-state index in [1.807, 2.05) is 0 Å². The van der Waals surface area contributed by atoms with Crippen molar-refractivity contribution in [2.75, 3.05) is 14.7 Å². The minimum Gasteiger partial charge on any atom is -0.311 e. The molecule has 4 aliphatic rings. The van der Waals surface area contributed by atoms with Gasteiger partial charge in [-0.05, 0) is 187 Å². The molecule has 0 amide bonds. The molecule has 0 unspecified atom stereocenters.